The van der Waals surface area contributed by atoms with Gasteiger partial charge in [0.05, 0.1) is 11.1 Å². The quantitative estimate of drug-likeness (QED) is 0.629. The number of fused-ring (bicyclic) bond motifs is 1. The summed E-state index contributed by atoms with van der Waals surface area (Å²) in [5.74, 6) is -2.56. The molecule has 0 saturated carbocycles. The van der Waals surface area contributed by atoms with Crippen LogP contribution in [0.25, 0.3) is 0 Å². The van der Waals surface area contributed by atoms with E-state index in [0.717, 1.165) is 4.90 Å². The van der Waals surface area contributed by atoms with Crippen LogP contribution in [0.1, 0.15) is 27.6 Å². The highest BCUT2D eigenvalue weighted by Gasteiger charge is 2.41. The molecule has 0 saturated heterocycles. The van der Waals surface area contributed by atoms with Crippen molar-refractivity contribution in [3.05, 3.63) is 64.7 Å². The number of benzene rings is 2. The van der Waals surface area contributed by atoms with Crippen LogP contribution in [0.5, 0.6) is 0 Å². The van der Waals surface area contributed by atoms with Crippen molar-refractivity contribution in [2.45, 2.75) is 13.0 Å². The molecule has 138 valence electrons. The summed E-state index contributed by atoms with van der Waals surface area (Å²) in [7, 11) is 0. The van der Waals surface area contributed by atoms with Crippen LogP contribution >= 0.6 is 11.6 Å². The summed E-state index contributed by atoms with van der Waals surface area (Å²) in [4.78, 5) is 49.7. The Morgan fingerprint density at radius 2 is 1.70 bits per heavy atom. The van der Waals surface area contributed by atoms with E-state index in [1.165, 1.54) is 19.1 Å². The maximum Gasteiger partial charge on any atom is 0.329 e. The molecule has 1 atom stereocenters. The molecule has 0 fully saturated rings. The lowest BCUT2D eigenvalue weighted by atomic mass is 10.1. The molecule has 2 aromatic rings. The molecule has 8 heteroatoms. The number of anilines is 1. The van der Waals surface area contributed by atoms with Crippen LogP contribution in [0.3, 0.4) is 0 Å². The van der Waals surface area contributed by atoms with Crippen molar-refractivity contribution in [3.63, 3.8) is 0 Å². The Balaban J connectivity index is 1.59. The first-order chi connectivity index (χ1) is 12.9. The summed E-state index contributed by atoms with van der Waals surface area (Å²) in [5, 5.41) is 2.98. The number of rotatable bonds is 5. The molecular weight excluding hydrogens is 372 g/mol. The van der Waals surface area contributed by atoms with Crippen molar-refractivity contribution < 1.29 is 23.9 Å². The fraction of sp³-hybridized carbons (Fsp3) is 0.158. The van der Waals surface area contributed by atoms with Gasteiger partial charge in [0.2, 0.25) is 0 Å². The lowest BCUT2D eigenvalue weighted by Crippen LogP contribution is -2.44. The zero-order valence-electron chi connectivity index (χ0n) is 14.3. The Hall–Kier alpha value is -3.19. The van der Waals surface area contributed by atoms with Crippen molar-refractivity contribution in [1.82, 2.24) is 4.90 Å². The highest BCUT2D eigenvalue weighted by Crippen LogP contribution is 2.24. The molecule has 0 aliphatic carbocycles. The van der Waals surface area contributed by atoms with Crippen LogP contribution in [-0.4, -0.2) is 41.2 Å². The van der Waals surface area contributed by atoms with Crippen molar-refractivity contribution in [2.24, 2.45) is 0 Å². The topological polar surface area (TPSA) is 92.8 Å². The summed E-state index contributed by atoms with van der Waals surface area (Å²) >= 11 is 5.83. The second-order valence-corrected chi connectivity index (χ2v) is 6.30. The zero-order valence-corrected chi connectivity index (χ0v) is 15.0. The average molecular weight is 387 g/mol. The lowest BCUT2D eigenvalue weighted by Gasteiger charge is -2.20. The fourth-order valence-corrected chi connectivity index (χ4v) is 2.88. The average Bonchev–Trinajstić information content (AvgIpc) is 2.90. The molecule has 1 heterocycles. The standard InChI is InChI=1S/C19H15ClN2O5/c1-11(22-17(24)14-7-2-3-8-15(14)18(22)25)19(26)27-10-16(23)21-13-6-4-5-12(20)9-13/h2-9,11H,10H2,1H3,(H,21,23)/t11-/m0/s1. The molecule has 3 amide bonds. The molecule has 0 radical (unpaired) electrons. The summed E-state index contributed by atoms with van der Waals surface area (Å²) in [6, 6.07) is 11.6. The number of imide groups is 1. The molecular formula is C19H15ClN2O5. The Labute approximate surface area is 159 Å². The smallest absolute Gasteiger partial charge is 0.329 e. The van der Waals surface area contributed by atoms with Crippen LogP contribution in [0.15, 0.2) is 48.5 Å². The van der Waals surface area contributed by atoms with Gasteiger partial charge in [-0.2, -0.15) is 0 Å². The van der Waals surface area contributed by atoms with Gasteiger partial charge in [0.25, 0.3) is 17.7 Å². The van der Waals surface area contributed by atoms with Crippen LogP contribution in [0.2, 0.25) is 5.02 Å². The van der Waals surface area contributed by atoms with E-state index in [0.29, 0.717) is 10.7 Å². The SMILES string of the molecule is C[C@@H](C(=O)OCC(=O)Nc1cccc(Cl)c1)N1C(=O)c2ccccc2C1=O. The van der Waals surface area contributed by atoms with E-state index in [-0.39, 0.29) is 11.1 Å². The summed E-state index contributed by atoms with van der Waals surface area (Å²) in [5.41, 5.74) is 0.929. The van der Waals surface area contributed by atoms with Gasteiger partial charge in [0, 0.05) is 10.7 Å². The number of nitrogens with one attached hydrogen (secondary N) is 1. The van der Waals surface area contributed by atoms with E-state index < -0.39 is 36.3 Å². The summed E-state index contributed by atoms with van der Waals surface area (Å²) in [6.07, 6.45) is 0. The summed E-state index contributed by atoms with van der Waals surface area (Å²) < 4.78 is 4.95. The third-order valence-corrected chi connectivity index (χ3v) is 4.24. The second-order valence-electron chi connectivity index (χ2n) is 5.87. The third-order valence-electron chi connectivity index (χ3n) is 4.01. The van der Waals surface area contributed by atoms with Crippen molar-refractivity contribution in [1.29, 1.82) is 0 Å². The van der Waals surface area contributed by atoms with Crippen LogP contribution in [-0.2, 0) is 14.3 Å². The van der Waals surface area contributed by atoms with E-state index in [4.69, 9.17) is 16.3 Å². The van der Waals surface area contributed by atoms with E-state index >= 15 is 0 Å². The number of hydrogen-bond donors (Lipinski definition) is 1. The molecule has 27 heavy (non-hydrogen) atoms. The molecule has 0 unspecified atom stereocenters. The zero-order chi connectivity index (χ0) is 19.6. The number of halogens is 1. The van der Waals surface area contributed by atoms with Gasteiger partial charge in [-0.05, 0) is 37.3 Å². The number of hydrogen-bond acceptors (Lipinski definition) is 5. The first kappa shape index (κ1) is 18.6. The number of carbonyl (C=O) groups is 4. The molecule has 0 spiro atoms. The number of ether oxygens (including phenoxy) is 1. The second kappa shape index (κ2) is 7.59. The molecule has 7 nitrogen and oxygen atoms in total. The van der Waals surface area contributed by atoms with Gasteiger partial charge >= 0.3 is 5.97 Å². The molecule has 0 bridgehead atoms. The Morgan fingerprint density at radius 3 is 2.30 bits per heavy atom. The molecule has 1 aliphatic heterocycles. The van der Waals surface area contributed by atoms with E-state index in [1.807, 2.05) is 0 Å². The largest absolute Gasteiger partial charge is 0.454 e. The van der Waals surface area contributed by atoms with Gasteiger partial charge < -0.3 is 10.1 Å². The third kappa shape index (κ3) is 3.83. The number of esters is 1. The van der Waals surface area contributed by atoms with Gasteiger partial charge in [-0.3, -0.25) is 19.3 Å². The lowest BCUT2D eigenvalue weighted by molar-refractivity contribution is -0.150. The number of carbonyl (C=O) groups excluding carboxylic acids is 4. The molecule has 1 N–H and O–H groups in total. The minimum absolute atomic E-state index is 0.237. The first-order valence-corrected chi connectivity index (χ1v) is 8.45. The van der Waals surface area contributed by atoms with Gasteiger partial charge in [0.15, 0.2) is 6.61 Å². The Bertz CT molecular complexity index is 908. The van der Waals surface area contributed by atoms with E-state index in [2.05, 4.69) is 5.32 Å². The predicted molar refractivity (Wildman–Crippen MR) is 97.4 cm³/mol. The van der Waals surface area contributed by atoms with Crippen molar-refractivity contribution in [3.8, 4) is 0 Å². The predicted octanol–water partition coefficient (Wildman–Crippen LogP) is 2.51. The van der Waals surface area contributed by atoms with E-state index in [9.17, 15) is 19.2 Å². The number of amides is 3. The van der Waals surface area contributed by atoms with Crippen molar-refractivity contribution >= 4 is 41.0 Å². The summed E-state index contributed by atoms with van der Waals surface area (Å²) in [6.45, 7) is 0.817. The van der Waals surface area contributed by atoms with Gasteiger partial charge in [0.1, 0.15) is 6.04 Å². The van der Waals surface area contributed by atoms with Crippen LogP contribution in [0.4, 0.5) is 5.69 Å². The minimum atomic E-state index is -1.16. The van der Waals surface area contributed by atoms with Gasteiger partial charge in [-0.15, -0.1) is 0 Å². The maximum atomic E-state index is 12.4. The minimum Gasteiger partial charge on any atom is -0.454 e. The van der Waals surface area contributed by atoms with E-state index in [1.54, 1.807) is 36.4 Å². The van der Waals surface area contributed by atoms with Crippen molar-refractivity contribution in [2.75, 3.05) is 11.9 Å². The number of nitrogens with zero attached hydrogens (tertiary/aromatic N) is 1. The van der Waals surface area contributed by atoms with Gasteiger partial charge in [-0.1, -0.05) is 29.8 Å². The van der Waals surface area contributed by atoms with Gasteiger partial charge in [-0.25, -0.2) is 4.79 Å². The van der Waals surface area contributed by atoms with Crippen LogP contribution < -0.4 is 5.32 Å². The Kier molecular flexibility index (Phi) is 5.23. The highest BCUT2D eigenvalue weighted by molar-refractivity contribution is 6.30. The van der Waals surface area contributed by atoms with Crippen LogP contribution in [0, 0.1) is 0 Å². The Morgan fingerprint density at radius 1 is 1.07 bits per heavy atom. The highest BCUT2D eigenvalue weighted by atomic mass is 35.5. The maximum absolute atomic E-state index is 12.4. The monoisotopic (exact) mass is 386 g/mol. The molecule has 0 aromatic heterocycles. The first-order valence-electron chi connectivity index (χ1n) is 8.07. The molecule has 1 aliphatic rings. The molecule has 3 rings (SSSR count). The normalized spacial score (nSPS) is 13.9. The molecule has 2 aromatic carbocycles. The fourth-order valence-electron chi connectivity index (χ4n) is 2.69.